The molecule has 0 radical (unpaired) electrons. The Morgan fingerprint density at radius 1 is 1.10 bits per heavy atom. The van der Waals surface area contributed by atoms with Crippen molar-refractivity contribution in [3.8, 4) is 5.75 Å². The molecule has 2 rings (SSSR count). The maximum absolute atomic E-state index is 13.4. The zero-order valence-electron chi connectivity index (χ0n) is 16.1. The summed E-state index contributed by atoms with van der Waals surface area (Å²) in [6.45, 7) is 2.71. The topological polar surface area (TPSA) is 76.7 Å². The number of nitrogens with one attached hydrogen (secondary N) is 2. The number of methoxy groups -OCH3 is 1. The lowest BCUT2D eigenvalue weighted by Crippen LogP contribution is -2.28. The Morgan fingerprint density at radius 3 is 2.45 bits per heavy atom. The van der Waals surface area contributed by atoms with E-state index in [2.05, 4.69) is 10.6 Å². The molecule has 0 spiro atoms. The lowest BCUT2D eigenvalue weighted by Gasteiger charge is -2.18. The zero-order chi connectivity index (χ0) is 21.6. The van der Waals surface area contributed by atoms with Crippen LogP contribution in [0.2, 0.25) is 0 Å². The van der Waals surface area contributed by atoms with Gasteiger partial charge in [0.2, 0.25) is 5.91 Å². The third-order valence-electron chi connectivity index (χ3n) is 3.91. The average Bonchev–Trinajstić information content (AvgIpc) is 2.66. The molecule has 156 valence electrons. The highest BCUT2D eigenvalue weighted by molar-refractivity contribution is 5.95. The predicted octanol–water partition coefficient (Wildman–Crippen LogP) is 4.22. The van der Waals surface area contributed by atoms with Crippen LogP contribution in [-0.4, -0.2) is 25.0 Å². The maximum Gasteiger partial charge on any atom is 0.418 e. The Kier molecular flexibility index (Phi) is 7.22. The molecule has 2 aromatic rings. The van der Waals surface area contributed by atoms with Crippen LogP contribution in [0.4, 0.5) is 24.5 Å². The number of benzene rings is 2. The number of alkyl halides is 3. The van der Waals surface area contributed by atoms with Crippen molar-refractivity contribution in [3.05, 3.63) is 53.6 Å². The van der Waals surface area contributed by atoms with E-state index in [0.717, 1.165) is 17.7 Å². The van der Waals surface area contributed by atoms with Crippen LogP contribution in [0.15, 0.2) is 42.5 Å². The van der Waals surface area contributed by atoms with E-state index >= 15 is 0 Å². The molecule has 2 amide bonds. The average molecular weight is 410 g/mol. The molecule has 9 heteroatoms. The number of rotatable bonds is 7. The van der Waals surface area contributed by atoms with Crippen LogP contribution in [-0.2, 0) is 27.1 Å². The van der Waals surface area contributed by atoms with Crippen molar-refractivity contribution in [1.82, 2.24) is 0 Å². The molecule has 0 aliphatic rings. The summed E-state index contributed by atoms with van der Waals surface area (Å²) in [5, 5.41) is 4.52. The molecule has 0 bridgehead atoms. The number of carbonyl (C=O) groups excluding carboxylic acids is 2. The summed E-state index contributed by atoms with van der Waals surface area (Å²) in [7, 11) is 1.52. The number of anilines is 2. The van der Waals surface area contributed by atoms with Gasteiger partial charge < -0.3 is 20.1 Å². The standard InChI is InChI=1S/C20H21F3N2O4/c1-12(29-11-14-5-4-6-16(9-14)28-3)19(27)25-18-8-7-15(24-13(2)26)10-17(18)20(21,22)23/h4-10,12H,11H2,1-3H3,(H,24,26)(H,25,27). The van der Waals surface area contributed by atoms with Gasteiger partial charge in [-0.1, -0.05) is 12.1 Å². The maximum atomic E-state index is 13.4. The normalized spacial score (nSPS) is 12.2. The van der Waals surface area contributed by atoms with Gasteiger partial charge in [0.1, 0.15) is 11.9 Å². The molecule has 0 aromatic heterocycles. The zero-order valence-corrected chi connectivity index (χ0v) is 16.1. The fraction of sp³-hybridized carbons (Fsp3) is 0.300. The summed E-state index contributed by atoms with van der Waals surface area (Å²) >= 11 is 0. The van der Waals surface area contributed by atoms with E-state index in [-0.39, 0.29) is 12.3 Å². The molecule has 0 fully saturated rings. The highest BCUT2D eigenvalue weighted by atomic mass is 19.4. The van der Waals surface area contributed by atoms with E-state index in [4.69, 9.17) is 9.47 Å². The van der Waals surface area contributed by atoms with Gasteiger partial charge in [-0.2, -0.15) is 13.2 Å². The lowest BCUT2D eigenvalue weighted by atomic mass is 10.1. The van der Waals surface area contributed by atoms with E-state index in [1.54, 1.807) is 24.3 Å². The third-order valence-corrected chi connectivity index (χ3v) is 3.91. The third kappa shape index (κ3) is 6.49. The van der Waals surface area contributed by atoms with Gasteiger partial charge in [-0.15, -0.1) is 0 Å². The first kappa shape index (κ1) is 22.2. The largest absolute Gasteiger partial charge is 0.497 e. The summed E-state index contributed by atoms with van der Waals surface area (Å²) in [5.41, 5.74) is -0.768. The number of ether oxygens (including phenoxy) is 2. The van der Waals surface area contributed by atoms with E-state index < -0.39 is 35.3 Å². The van der Waals surface area contributed by atoms with Crippen LogP contribution in [0, 0.1) is 0 Å². The number of hydrogen-bond donors (Lipinski definition) is 2. The SMILES string of the molecule is COc1cccc(COC(C)C(=O)Nc2ccc(NC(C)=O)cc2C(F)(F)F)c1. The molecule has 0 saturated carbocycles. The molecule has 0 saturated heterocycles. The van der Waals surface area contributed by atoms with E-state index in [1.807, 2.05) is 0 Å². The van der Waals surface area contributed by atoms with Crippen LogP contribution in [0.25, 0.3) is 0 Å². The van der Waals surface area contributed by atoms with Crippen molar-refractivity contribution < 1.29 is 32.2 Å². The number of carbonyl (C=O) groups is 2. The van der Waals surface area contributed by atoms with Gasteiger partial charge in [0.15, 0.2) is 0 Å². The van der Waals surface area contributed by atoms with Crippen LogP contribution < -0.4 is 15.4 Å². The molecule has 2 aromatic carbocycles. The molecular weight excluding hydrogens is 389 g/mol. The molecule has 0 aliphatic heterocycles. The Labute approximate surface area is 166 Å². The van der Waals surface area contributed by atoms with Gasteiger partial charge >= 0.3 is 6.18 Å². The van der Waals surface area contributed by atoms with Gasteiger partial charge in [0, 0.05) is 12.6 Å². The molecule has 1 atom stereocenters. The van der Waals surface area contributed by atoms with Gasteiger partial charge in [-0.25, -0.2) is 0 Å². The lowest BCUT2D eigenvalue weighted by molar-refractivity contribution is -0.137. The smallest absolute Gasteiger partial charge is 0.418 e. The Hall–Kier alpha value is -3.07. The first-order valence-electron chi connectivity index (χ1n) is 8.64. The summed E-state index contributed by atoms with van der Waals surface area (Å²) < 4.78 is 50.6. The Balaban J connectivity index is 2.09. The van der Waals surface area contributed by atoms with E-state index in [9.17, 15) is 22.8 Å². The van der Waals surface area contributed by atoms with Gasteiger partial charge in [0.05, 0.1) is 25.0 Å². The predicted molar refractivity (Wildman–Crippen MR) is 102 cm³/mol. The highest BCUT2D eigenvalue weighted by Crippen LogP contribution is 2.36. The second-order valence-electron chi connectivity index (χ2n) is 6.23. The highest BCUT2D eigenvalue weighted by Gasteiger charge is 2.34. The minimum atomic E-state index is -4.72. The van der Waals surface area contributed by atoms with Gasteiger partial charge in [0.25, 0.3) is 5.91 Å². The van der Waals surface area contributed by atoms with Gasteiger partial charge in [-0.3, -0.25) is 9.59 Å². The Morgan fingerprint density at radius 2 is 1.83 bits per heavy atom. The van der Waals surface area contributed by atoms with Crippen molar-refractivity contribution in [1.29, 1.82) is 0 Å². The minimum absolute atomic E-state index is 0.0230. The molecule has 6 nitrogen and oxygen atoms in total. The molecule has 0 aliphatic carbocycles. The number of amides is 2. The Bertz CT molecular complexity index is 884. The number of hydrogen-bond acceptors (Lipinski definition) is 4. The molecule has 29 heavy (non-hydrogen) atoms. The van der Waals surface area contributed by atoms with Crippen molar-refractivity contribution in [3.63, 3.8) is 0 Å². The van der Waals surface area contributed by atoms with E-state index in [0.29, 0.717) is 5.75 Å². The molecular formula is C20H21F3N2O4. The molecule has 1 unspecified atom stereocenters. The monoisotopic (exact) mass is 410 g/mol. The minimum Gasteiger partial charge on any atom is -0.497 e. The second-order valence-corrected chi connectivity index (χ2v) is 6.23. The summed E-state index contributed by atoms with van der Waals surface area (Å²) in [6, 6.07) is 10.1. The van der Waals surface area contributed by atoms with Crippen molar-refractivity contribution in [2.24, 2.45) is 0 Å². The van der Waals surface area contributed by atoms with Crippen LogP contribution >= 0.6 is 0 Å². The van der Waals surface area contributed by atoms with Gasteiger partial charge in [-0.05, 0) is 42.8 Å². The summed E-state index contributed by atoms with van der Waals surface area (Å²) in [6.07, 6.45) is -5.72. The van der Waals surface area contributed by atoms with Crippen LogP contribution in [0.3, 0.4) is 0 Å². The quantitative estimate of drug-likeness (QED) is 0.717. The van der Waals surface area contributed by atoms with Crippen molar-refractivity contribution in [2.75, 3.05) is 17.7 Å². The first-order valence-corrected chi connectivity index (χ1v) is 8.64. The number of halogens is 3. The summed E-state index contributed by atoms with van der Waals surface area (Å²) in [4.78, 5) is 23.4. The summed E-state index contributed by atoms with van der Waals surface area (Å²) in [5.74, 6) is -0.613. The van der Waals surface area contributed by atoms with Crippen LogP contribution in [0.5, 0.6) is 5.75 Å². The van der Waals surface area contributed by atoms with E-state index in [1.165, 1.54) is 27.0 Å². The fourth-order valence-corrected chi connectivity index (χ4v) is 2.46. The van der Waals surface area contributed by atoms with Crippen molar-refractivity contribution in [2.45, 2.75) is 32.7 Å². The fourth-order valence-electron chi connectivity index (χ4n) is 2.46. The first-order chi connectivity index (χ1) is 13.6. The van der Waals surface area contributed by atoms with Crippen molar-refractivity contribution >= 4 is 23.2 Å². The molecule has 0 heterocycles. The van der Waals surface area contributed by atoms with Crippen LogP contribution in [0.1, 0.15) is 25.0 Å². The second kappa shape index (κ2) is 9.42. The molecule has 2 N–H and O–H groups in total.